The fraction of sp³-hybridized carbons (Fsp3) is 0.115. The number of nitrogens with one attached hydrogen (secondary N) is 3. The number of carbonyl (C=O) groups excluding carboxylic acids is 2. The van der Waals surface area contributed by atoms with Crippen LogP contribution in [0, 0.1) is 5.82 Å². The maximum Gasteiger partial charge on any atom is 0.255 e. The highest BCUT2D eigenvalue weighted by molar-refractivity contribution is 8.00. The summed E-state index contributed by atoms with van der Waals surface area (Å²) in [5.41, 5.74) is 3.13. The van der Waals surface area contributed by atoms with Crippen LogP contribution in [-0.2, 0) is 4.79 Å². The molecule has 4 aromatic rings. The Morgan fingerprint density at radius 3 is 2.43 bits per heavy atom. The van der Waals surface area contributed by atoms with E-state index in [9.17, 15) is 14.0 Å². The number of anilines is 2. The van der Waals surface area contributed by atoms with E-state index in [2.05, 4.69) is 20.6 Å². The molecule has 0 saturated heterocycles. The fourth-order valence-corrected chi connectivity index (χ4v) is 4.03. The summed E-state index contributed by atoms with van der Waals surface area (Å²) in [6.45, 7) is 1.77. The topological polar surface area (TPSA) is 96.1 Å². The van der Waals surface area contributed by atoms with Gasteiger partial charge in [-0.3, -0.25) is 9.59 Å². The zero-order valence-corrected chi connectivity index (χ0v) is 19.9. The number of methoxy groups -OCH3 is 1. The lowest BCUT2D eigenvalue weighted by Gasteiger charge is -2.12. The van der Waals surface area contributed by atoms with Gasteiger partial charge in [-0.25, -0.2) is 9.37 Å². The smallest absolute Gasteiger partial charge is 0.255 e. The van der Waals surface area contributed by atoms with E-state index in [-0.39, 0.29) is 17.6 Å². The molecular formula is C26H23FN4O3S. The van der Waals surface area contributed by atoms with Gasteiger partial charge >= 0.3 is 0 Å². The molecular weight excluding hydrogens is 467 g/mol. The van der Waals surface area contributed by atoms with Crippen LogP contribution in [0.2, 0.25) is 0 Å². The quantitative estimate of drug-likeness (QED) is 0.280. The Morgan fingerprint density at radius 2 is 1.71 bits per heavy atom. The van der Waals surface area contributed by atoms with Crippen LogP contribution in [0.1, 0.15) is 17.3 Å². The Balaban J connectivity index is 1.33. The van der Waals surface area contributed by atoms with Crippen LogP contribution in [0.3, 0.4) is 0 Å². The van der Waals surface area contributed by atoms with Gasteiger partial charge in [0.15, 0.2) is 5.16 Å². The molecule has 4 rings (SSSR count). The minimum Gasteiger partial charge on any atom is -0.495 e. The number of H-pyrrole nitrogens is 1. The summed E-state index contributed by atoms with van der Waals surface area (Å²) in [6.07, 6.45) is 1.65. The summed E-state index contributed by atoms with van der Waals surface area (Å²) < 4.78 is 18.4. The van der Waals surface area contributed by atoms with Crippen molar-refractivity contribution in [2.45, 2.75) is 17.3 Å². The number of para-hydroxylation sites is 2. The first-order valence-corrected chi connectivity index (χ1v) is 11.6. The highest BCUT2D eigenvalue weighted by Gasteiger charge is 2.17. The van der Waals surface area contributed by atoms with Crippen LogP contribution in [-0.4, -0.2) is 34.1 Å². The molecule has 0 spiro atoms. The first-order chi connectivity index (χ1) is 16.9. The number of nitrogens with zero attached hydrogens (tertiary/aromatic N) is 1. The van der Waals surface area contributed by atoms with Gasteiger partial charge < -0.3 is 20.4 Å². The average molecular weight is 491 g/mol. The number of thioether (sulfide) groups is 1. The number of hydrogen-bond donors (Lipinski definition) is 3. The van der Waals surface area contributed by atoms with Crippen LogP contribution < -0.4 is 15.4 Å². The summed E-state index contributed by atoms with van der Waals surface area (Å²) in [4.78, 5) is 32.7. The number of halogens is 1. The molecule has 178 valence electrons. The fourth-order valence-electron chi connectivity index (χ4n) is 3.25. The highest BCUT2D eigenvalue weighted by Crippen LogP contribution is 2.26. The van der Waals surface area contributed by atoms with E-state index in [1.165, 1.54) is 31.0 Å². The SMILES string of the molecule is COc1ccccc1NC(=O)c1ccc(NC(=O)C(C)Sc2ncc(-c3ccc(F)cc3)[nH]2)cc1. The summed E-state index contributed by atoms with van der Waals surface area (Å²) in [6, 6.07) is 19.9. The second-order valence-corrected chi connectivity index (χ2v) is 8.92. The maximum absolute atomic E-state index is 13.1. The summed E-state index contributed by atoms with van der Waals surface area (Å²) in [5, 5.41) is 5.81. The molecule has 7 nitrogen and oxygen atoms in total. The monoisotopic (exact) mass is 490 g/mol. The second kappa shape index (κ2) is 10.9. The van der Waals surface area contributed by atoms with Crippen molar-refractivity contribution in [2.24, 2.45) is 0 Å². The minimum atomic E-state index is -0.435. The molecule has 35 heavy (non-hydrogen) atoms. The van der Waals surface area contributed by atoms with Crippen molar-refractivity contribution in [2.75, 3.05) is 17.7 Å². The van der Waals surface area contributed by atoms with Gasteiger partial charge in [0.2, 0.25) is 5.91 Å². The Hall–Kier alpha value is -4.11. The number of ether oxygens (including phenoxy) is 1. The number of carbonyl (C=O) groups is 2. The molecule has 0 radical (unpaired) electrons. The Morgan fingerprint density at radius 1 is 1.00 bits per heavy atom. The van der Waals surface area contributed by atoms with E-state index in [1.807, 2.05) is 12.1 Å². The normalized spacial score (nSPS) is 11.5. The first-order valence-electron chi connectivity index (χ1n) is 10.8. The van der Waals surface area contributed by atoms with Crippen molar-refractivity contribution in [3.63, 3.8) is 0 Å². The molecule has 1 unspecified atom stereocenters. The van der Waals surface area contributed by atoms with E-state index in [0.29, 0.717) is 27.8 Å². The van der Waals surface area contributed by atoms with Crippen molar-refractivity contribution in [3.05, 3.63) is 90.4 Å². The second-order valence-electron chi connectivity index (χ2n) is 7.59. The van der Waals surface area contributed by atoms with Crippen molar-refractivity contribution >= 4 is 35.0 Å². The molecule has 0 aliphatic carbocycles. The van der Waals surface area contributed by atoms with Crippen LogP contribution in [0.15, 0.2) is 84.1 Å². The lowest BCUT2D eigenvalue weighted by Crippen LogP contribution is -2.22. The minimum absolute atomic E-state index is 0.207. The van der Waals surface area contributed by atoms with E-state index >= 15 is 0 Å². The summed E-state index contributed by atoms with van der Waals surface area (Å²) >= 11 is 1.27. The Bertz CT molecular complexity index is 1320. The molecule has 9 heteroatoms. The van der Waals surface area contributed by atoms with Crippen molar-refractivity contribution < 1.29 is 18.7 Å². The predicted octanol–water partition coefficient (Wildman–Crippen LogP) is 5.60. The average Bonchev–Trinajstić information content (AvgIpc) is 3.33. The lowest BCUT2D eigenvalue weighted by molar-refractivity contribution is -0.115. The van der Waals surface area contributed by atoms with Gasteiger partial charge in [-0.05, 0) is 73.2 Å². The third-order valence-corrected chi connectivity index (χ3v) is 6.13. The predicted molar refractivity (Wildman–Crippen MR) is 135 cm³/mol. The maximum atomic E-state index is 13.1. The zero-order chi connectivity index (χ0) is 24.8. The molecule has 3 N–H and O–H groups in total. The third-order valence-electron chi connectivity index (χ3n) is 5.14. The summed E-state index contributed by atoms with van der Waals surface area (Å²) in [5.74, 6) is -0.233. The number of rotatable bonds is 8. The van der Waals surface area contributed by atoms with Gasteiger partial charge in [0, 0.05) is 11.3 Å². The molecule has 1 aromatic heterocycles. The molecule has 3 aromatic carbocycles. The molecule has 1 heterocycles. The highest BCUT2D eigenvalue weighted by atomic mass is 32.2. The van der Waals surface area contributed by atoms with Crippen LogP contribution in [0.4, 0.5) is 15.8 Å². The van der Waals surface area contributed by atoms with Crippen LogP contribution >= 0.6 is 11.8 Å². The van der Waals surface area contributed by atoms with Gasteiger partial charge in [0.1, 0.15) is 11.6 Å². The van der Waals surface area contributed by atoms with Crippen molar-refractivity contribution in [1.82, 2.24) is 9.97 Å². The van der Waals surface area contributed by atoms with Gasteiger partial charge in [0.25, 0.3) is 5.91 Å². The number of hydrogen-bond acceptors (Lipinski definition) is 5. The van der Waals surface area contributed by atoms with E-state index in [0.717, 1.165) is 11.3 Å². The van der Waals surface area contributed by atoms with E-state index < -0.39 is 5.25 Å². The van der Waals surface area contributed by atoms with Crippen molar-refractivity contribution in [1.29, 1.82) is 0 Å². The largest absolute Gasteiger partial charge is 0.495 e. The number of aromatic amines is 1. The Labute approximate surface area is 206 Å². The van der Waals surface area contributed by atoms with Crippen molar-refractivity contribution in [3.8, 4) is 17.0 Å². The van der Waals surface area contributed by atoms with E-state index in [1.54, 1.807) is 61.7 Å². The third kappa shape index (κ3) is 6.07. The molecule has 2 amide bonds. The number of aromatic nitrogens is 2. The number of imidazole rings is 1. The molecule has 0 fully saturated rings. The zero-order valence-electron chi connectivity index (χ0n) is 19.0. The number of amides is 2. The lowest BCUT2D eigenvalue weighted by atomic mass is 10.2. The van der Waals surface area contributed by atoms with Gasteiger partial charge in [-0.2, -0.15) is 0 Å². The summed E-state index contributed by atoms with van der Waals surface area (Å²) in [7, 11) is 1.54. The number of benzene rings is 3. The van der Waals surface area contributed by atoms with Gasteiger partial charge in [-0.1, -0.05) is 23.9 Å². The first kappa shape index (κ1) is 24.0. The molecule has 0 aliphatic heterocycles. The molecule has 0 saturated carbocycles. The van der Waals surface area contributed by atoms with Crippen LogP contribution in [0.5, 0.6) is 5.75 Å². The van der Waals surface area contributed by atoms with Gasteiger partial charge in [-0.15, -0.1) is 0 Å². The standard InChI is InChI=1S/C26H23FN4O3S/c1-16(35-26-28-15-22(31-26)17-7-11-19(27)12-8-17)24(32)29-20-13-9-18(10-14-20)25(33)30-21-5-3-4-6-23(21)34-2/h3-16H,1-2H3,(H,28,31)(H,29,32)(H,30,33). The van der Waals surface area contributed by atoms with Crippen LogP contribution in [0.25, 0.3) is 11.3 Å². The van der Waals surface area contributed by atoms with Gasteiger partial charge in [0.05, 0.1) is 29.9 Å². The Kier molecular flexibility index (Phi) is 7.47. The van der Waals surface area contributed by atoms with E-state index in [4.69, 9.17) is 4.74 Å². The molecule has 1 atom stereocenters. The molecule has 0 aliphatic rings. The molecule has 0 bridgehead atoms.